The molecule has 6 nitrogen and oxygen atoms in total. The van der Waals surface area contributed by atoms with Crippen LogP contribution in [0.15, 0.2) is 40.9 Å². The summed E-state index contributed by atoms with van der Waals surface area (Å²) in [4.78, 5) is 39.4. The molecule has 1 aliphatic carbocycles. The fourth-order valence-corrected chi connectivity index (χ4v) is 4.54. The van der Waals surface area contributed by atoms with Crippen LogP contribution in [0.25, 0.3) is 0 Å². The molecule has 1 aliphatic heterocycles. The third kappa shape index (κ3) is 3.92. The molecule has 1 saturated carbocycles. The van der Waals surface area contributed by atoms with E-state index in [1.54, 1.807) is 18.2 Å². The molecule has 1 fully saturated rings. The summed E-state index contributed by atoms with van der Waals surface area (Å²) < 4.78 is 0.935. The molecule has 4 rings (SSSR count). The monoisotopic (exact) mass is 455 g/mol. The lowest BCUT2D eigenvalue weighted by Gasteiger charge is -2.29. The standard InChI is InChI=1S/C22H22BrN3O3/c1-13-11-14(23)7-10-19(13)25-22(29)24-15-8-9-17-18(12-15)21(28)26(20(17)27)16-5-3-2-4-6-16/h7-12,16H,2-6H2,1H3,(H2,24,25,29). The molecule has 4 amide bonds. The van der Waals surface area contributed by atoms with Crippen LogP contribution in [0.2, 0.25) is 0 Å². The van der Waals surface area contributed by atoms with Gasteiger partial charge < -0.3 is 10.6 Å². The predicted molar refractivity (Wildman–Crippen MR) is 115 cm³/mol. The first-order valence-electron chi connectivity index (χ1n) is 9.80. The molecule has 0 bridgehead atoms. The highest BCUT2D eigenvalue weighted by Crippen LogP contribution is 2.32. The number of carbonyl (C=O) groups is 3. The second-order valence-corrected chi connectivity index (χ2v) is 8.49. The Labute approximate surface area is 177 Å². The minimum absolute atomic E-state index is 0.0174. The van der Waals surface area contributed by atoms with E-state index in [1.807, 2.05) is 25.1 Å². The van der Waals surface area contributed by atoms with Crippen LogP contribution in [0.3, 0.4) is 0 Å². The highest BCUT2D eigenvalue weighted by molar-refractivity contribution is 9.10. The number of benzene rings is 2. The van der Waals surface area contributed by atoms with Crippen LogP contribution in [-0.2, 0) is 0 Å². The van der Waals surface area contributed by atoms with E-state index >= 15 is 0 Å². The molecule has 2 aliphatic rings. The van der Waals surface area contributed by atoms with Crippen molar-refractivity contribution in [2.24, 2.45) is 0 Å². The Kier molecular flexibility index (Phi) is 5.41. The molecule has 29 heavy (non-hydrogen) atoms. The second-order valence-electron chi connectivity index (χ2n) is 7.57. The van der Waals surface area contributed by atoms with Gasteiger partial charge in [-0.25, -0.2) is 4.79 Å². The number of hydrogen-bond acceptors (Lipinski definition) is 3. The molecule has 0 saturated heterocycles. The number of urea groups is 1. The lowest BCUT2D eigenvalue weighted by Crippen LogP contribution is -2.40. The molecule has 2 N–H and O–H groups in total. The Hall–Kier alpha value is -2.67. The number of aryl methyl sites for hydroxylation is 1. The molecule has 2 aromatic rings. The SMILES string of the molecule is Cc1cc(Br)ccc1NC(=O)Nc1ccc2c(c1)C(=O)N(C1CCCCC1)C2=O. The number of amides is 4. The maximum absolute atomic E-state index is 12.9. The molecule has 0 spiro atoms. The van der Waals surface area contributed by atoms with Crippen molar-refractivity contribution in [3.05, 3.63) is 57.6 Å². The number of anilines is 2. The van der Waals surface area contributed by atoms with Crippen LogP contribution in [0.1, 0.15) is 58.4 Å². The Morgan fingerprint density at radius 3 is 2.41 bits per heavy atom. The summed E-state index contributed by atoms with van der Waals surface area (Å²) in [5.41, 5.74) is 2.87. The molecule has 0 radical (unpaired) electrons. The van der Waals surface area contributed by atoms with Gasteiger partial charge in [0.1, 0.15) is 0 Å². The van der Waals surface area contributed by atoms with Crippen LogP contribution in [-0.4, -0.2) is 28.8 Å². The predicted octanol–water partition coefficient (Wildman–Crippen LogP) is 5.33. The summed E-state index contributed by atoms with van der Waals surface area (Å²) >= 11 is 3.40. The van der Waals surface area contributed by atoms with E-state index in [0.29, 0.717) is 22.5 Å². The van der Waals surface area contributed by atoms with Crippen LogP contribution in [0, 0.1) is 6.92 Å². The fraction of sp³-hybridized carbons (Fsp3) is 0.318. The van der Waals surface area contributed by atoms with Gasteiger partial charge in [-0.15, -0.1) is 0 Å². The summed E-state index contributed by atoms with van der Waals surface area (Å²) in [6, 6.07) is 10.0. The molecule has 1 heterocycles. The normalized spacial score (nSPS) is 16.7. The van der Waals surface area contributed by atoms with Gasteiger partial charge in [-0.05, 0) is 61.7 Å². The van der Waals surface area contributed by atoms with Gasteiger partial charge in [0.05, 0.1) is 11.1 Å². The van der Waals surface area contributed by atoms with Crippen molar-refractivity contribution in [1.82, 2.24) is 4.90 Å². The number of halogens is 1. The van der Waals surface area contributed by atoms with Crippen LogP contribution in [0.4, 0.5) is 16.2 Å². The molecular formula is C22H22BrN3O3. The van der Waals surface area contributed by atoms with Crippen molar-refractivity contribution >= 4 is 45.2 Å². The summed E-state index contributed by atoms with van der Waals surface area (Å²) in [5, 5.41) is 5.55. The van der Waals surface area contributed by atoms with E-state index in [1.165, 1.54) is 4.90 Å². The number of nitrogens with zero attached hydrogens (tertiary/aromatic N) is 1. The van der Waals surface area contributed by atoms with Crippen molar-refractivity contribution in [3.63, 3.8) is 0 Å². The highest BCUT2D eigenvalue weighted by atomic mass is 79.9. The molecular weight excluding hydrogens is 434 g/mol. The minimum Gasteiger partial charge on any atom is -0.308 e. The Bertz CT molecular complexity index is 999. The number of imide groups is 1. The first-order valence-corrected chi connectivity index (χ1v) is 10.6. The van der Waals surface area contributed by atoms with Gasteiger partial charge in [-0.3, -0.25) is 14.5 Å². The van der Waals surface area contributed by atoms with Crippen molar-refractivity contribution < 1.29 is 14.4 Å². The van der Waals surface area contributed by atoms with Gasteiger partial charge in [-0.2, -0.15) is 0 Å². The number of rotatable bonds is 3. The number of nitrogens with one attached hydrogen (secondary N) is 2. The quantitative estimate of drug-likeness (QED) is 0.613. The van der Waals surface area contributed by atoms with E-state index in [0.717, 1.165) is 42.1 Å². The first kappa shape index (κ1) is 19.6. The zero-order valence-electron chi connectivity index (χ0n) is 16.1. The van der Waals surface area contributed by atoms with E-state index in [9.17, 15) is 14.4 Å². The lowest BCUT2D eigenvalue weighted by atomic mass is 9.94. The zero-order chi connectivity index (χ0) is 20.5. The Balaban J connectivity index is 1.49. The average Bonchev–Trinajstić information content (AvgIpc) is 2.95. The zero-order valence-corrected chi connectivity index (χ0v) is 17.7. The largest absolute Gasteiger partial charge is 0.323 e. The van der Waals surface area contributed by atoms with Crippen molar-refractivity contribution in [3.8, 4) is 0 Å². The van der Waals surface area contributed by atoms with Crippen molar-refractivity contribution in [1.29, 1.82) is 0 Å². The van der Waals surface area contributed by atoms with Gasteiger partial charge in [0.25, 0.3) is 11.8 Å². The van der Waals surface area contributed by atoms with Gasteiger partial charge >= 0.3 is 6.03 Å². The Morgan fingerprint density at radius 2 is 1.69 bits per heavy atom. The smallest absolute Gasteiger partial charge is 0.308 e. The molecule has 0 aromatic heterocycles. The van der Waals surface area contributed by atoms with E-state index in [-0.39, 0.29) is 17.9 Å². The topological polar surface area (TPSA) is 78.5 Å². The maximum atomic E-state index is 12.9. The van der Waals surface area contributed by atoms with Gasteiger partial charge in [-0.1, -0.05) is 35.2 Å². The summed E-state index contributed by atoms with van der Waals surface area (Å²) in [6.45, 7) is 1.90. The van der Waals surface area contributed by atoms with Gasteiger partial charge in [0.15, 0.2) is 0 Å². The number of hydrogen-bond donors (Lipinski definition) is 2. The Morgan fingerprint density at radius 1 is 0.966 bits per heavy atom. The molecule has 0 unspecified atom stereocenters. The molecule has 7 heteroatoms. The molecule has 150 valence electrons. The van der Waals surface area contributed by atoms with Crippen molar-refractivity contribution in [2.75, 3.05) is 10.6 Å². The van der Waals surface area contributed by atoms with Crippen LogP contribution in [0.5, 0.6) is 0 Å². The van der Waals surface area contributed by atoms with Crippen LogP contribution >= 0.6 is 15.9 Å². The highest BCUT2D eigenvalue weighted by Gasteiger charge is 2.40. The van der Waals surface area contributed by atoms with E-state index in [4.69, 9.17) is 0 Å². The second kappa shape index (κ2) is 7.99. The average molecular weight is 456 g/mol. The van der Waals surface area contributed by atoms with Crippen LogP contribution < -0.4 is 10.6 Å². The third-order valence-corrected chi connectivity index (χ3v) is 6.05. The maximum Gasteiger partial charge on any atom is 0.323 e. The number of fused-ring (bicyclic) bond motifs is 1. The minimum atomic E-state index is -0.406. The summed E-state index contributed by atoms with van der Waals surface area (Å²) in [7, 11) is 0. The van der Waals surface area contributed by atoms with Gasteiger partial charge in [0, 0.05) is 21.9 Å². The van der Waals surface area contributed by atoms with Crippen molar-refractivity contribution in [2.45, 2.75) is 45.1 Å². The molecule has 0 atom stereocenters. The molecule has 2 aromatic carbocycles. The van der Waals surface area contributed by atoms with E-state index < -0.39 is 6.03 Å². The number of carbonyl (C=O) groups excluding carboxylic acids is 3. The third-order valence-electron chi connectivity index (χ3n) is 5.55. The first-order chi connectivity index (χ1) is 13.9. The summed E-state index contributed by atoms with van der Waals surface area (Å²) in [5.74, 6) is -0.483. The van der Waals surface area contributed by atoms with E-state index in [2.05, 4.69) is 26.6 Å². The fourth-order valence-electron chi connectivity index (χ4n) is 4.06. The van der Waals surface area contributed by atoms with Gasteiger partial charge in [0.2, 0.25) is 0 Å². The summed E-state index contributed by atoms with van der Waals surface area (Å²) in [6.07, 6.45) is 4.97. The lowest BCUT2D eigenvalue weighted by molar-refractivity contribution is 0.0549.